The van der Waals surface area contributed by atoms with Gasteiger partial charge in [-0.3, -0.25) is 4.90 Å². The van der Waals surface area contributed by atoms with Crippen LogP contribution in [0.1, 0.15) is 61.6 Å². The highest BCUT2D eigenvalue weighted by Crippen LogP contribution is 2.34. The van der Waals surface area contributed by atoms with Gasteiger partial charge in [-0.05, 0) is 57.0 Å². The Bertz CT molecular complexity index is 1250. The number of aromatic nitrogens is 4. The zero-order valence-corrected chi connectivity index (χ0v) is 20.3. The van der Waals surface area contributed by atoms with Gasteiger partial charge >= 0.3 is 12.1 Å². The molecule has 0 unspecified atom stereocenters. The molecule has 11 heteroatoms. The van der Waals surface area contributed by atoms with Crippen molar-refractivity contribution in [2.24, 2.45) is 0 Å². The second-order valence-electron chi connectivity index (χ2n) is 9.47. The maximum atomic E-state index is 12.6. The summed E-state index contributed by atoms with van der Waals surface area (Å²) >= 11 is 0. The second-order valence-corrected chi connectivity index (χ2v) is 9.47. The van der Waals surface area contributed by atoms with Gasteiger partial charge in [0.2, 0.25) is 5.95 Å². The van der Waals surface area contributed by atoms with Gasteiger partial charge in [-0.2, -0.15) is 4.98 Å². The number of H-pyrrole nitrogens is 1. The van der Waals surface area contributed by atoms with Crippen molar-refractivity contribution in [3.05, 3.63) is 35.8 Å². The fraction of sp³-hybridized carbons (Fsp3) is 0.480. The first kappa shape index (κ1) is 24.0. The van der Waals surface area contributed by atoms with Crippen molar-refractivity contribution in [1.29, 1.82) is 0 Å². The van der Waals surface area contributed by atoms with E-state index >= 15 is 0 Å². The highest BCUT2D eigenvalue weighted by Gasteiger charge is 2.45. The van der Waals surface area contributed by atoms with E-state index < -0.39 is 11.6 Å². The van der Waals surface area contributed by atoms with Crippen LogP contribution in [0.4, 0.5) is 22.2 Å². The van der Waals surface area contributed by atoms with Crippen LogP contribution >= 0.6 is 0 Å². The van der Waals surface area contributed by atoms with Crippen LogP contribution in [-0.4, -0.2) is 62.3 Å². The largest absolute Gasteiger partial charge is 0.477 e. The van der Waals surface area contributed by atoms with Gasteiger partial charge in [0.15, 0.2) is 0 Å². The maximum absolute atomic E-state index is 12.6. The number of ether oxygens (including phenoxy) is 1. The molecule has 5 heterocycles. The van der Waals surface area contributed by atoms with E-state index in [1.165, 1.54) is 0 Å². The van der Waals surface area contributed by atoms with Crippen LogP contribution in [0.2, 0.25) is 0 Å². The summed E-state index contributed by atoms with van der Waals surface area (Å²) in [4.78, 5) is 42.2. The number of aryl methyl sites for hydroxylation is 1. The molecule has 1 atom stereocenters. The van der Waals surface area contributed by atoms with Gasteiger partial charge in [0, 0.05) is 11.8 Å². The van der Waals surface area contributed by atoms with Crippen molar-refractivity contribution < 1.29 is 19.4 Å². The molecule has 0 bridgehead atoms. The molecule has 0 radical (unpaired) electrons. The molecule has 2 aliphatic rings. The van der Waals surface area contributed by atoms with Crippen LogP contribution < -0.4 is 15.5 Å². The van der Waals surface area contributed by atoms with Crippen molar-refractivity contribution in [2.45, 2.75) is 57.5 Å². The number of amides is 1. The van der Waals surface area contributed by atoms with Crippen LogP contribution in [0.3, 0.4) is 0 Å². The van der Waals surface area contributed by atoms with Crippen LogP contribution in [0.5, 0.6) is 0 Å². The standard InChI is InChI=1S/C25H31N7O4/c1-2-3-4-6-18-17-13-19(22(33)34)28-21(17)31-23(29-18)30-20-8-7-16(14-27-20)32-15-25(36-24(32)35)9-5-11-26-12-10-25/h7-8,13-14,26H,2-6,9-12,15H2,1H3,(H,33,34)(H2,27,28,29,30,31)/t25-/m0/s1. The van der Waals surface area contributed by atoms with E-state index in [-0.39, 0.29) is 11.8 Å². The molecule has 2 fully saturated rings. The molecule has 4 N–H and O–H groups in total. The minimum atomic E-state index is -1.04. The number of carbonyl (C=O) groups is 2. The number of carboxylic acid groups (broad SMARTS) is 1. The van der Waals surface area contributed by atoms with E-state index in [0.717, 1.165) is 63.7 Å². The predicted molar refractivity (Wildman–Crippen MR) is 135 cm³/mol. The summed E-state index contributed by atoms with van der Waals surface area (Å²) in [7, 11) is 0. The summed E-state index contributed by atoms with van der Waals surface area (Å²) in [6, 6.07) is 5.17. The molecule has 11 nitrogen and oxygen atoms in total. The summed E-state index contributed by atoms with van der Waals surface area (Å²) < 4.78 is 5.81. The van der Waals surface area contributed by atoms with Crippen LogP contribution in [-0.2, 0) is 11.2 Å². The fourth-order valence-corrected chi connectivity index (χ4v) is 4.89. The Hall–Kier alpha value is -3.73. The number of carboxylic acids is 1. The van der Waals surface area contributed by atoms with Gasteiger partial charge in [-0.15, -0.1) is 0 Å². The molecule has 3 aromatic rings. The first-order valence-electron chi connectivity index (χ1n) is 12.5. The first-order chi connectivity index (χ1) is 17.5. The number of aromatic amines is 1. The maximum Gasteiger partial charge on any atom is 0.415 e. The van der Waals surface area contributed by atoms with Gasteiger partial charge < -0.3 is 25.5 Å². The number of anilines is 3. The second kappa shape index (κ2) is 10.1. The molecule has 3 aromatic heterocycles. The number of carbonyl (C=O) groups excluding carboxylic acids is 1. The van der Waals surface area contributed by atoms with Crippen molar-refractivity contribution in [3.63, 3.8) is 0 Å². The third-order valence-corrected chi connectivity index (χ3v) is 6.83. The molecule has 36 heavy (non-hydrogen) atoms. The van der Waals surface area contributed by atoms with E-state index in [0.29, 0.717) is 35.0 Å². The topological polar surface area (TPSA) is 145 Å². The number of nitrogens with one attached hydrogen (secondary N) is 3. The molecule has 1 spiro atoms. The Labute approximate surface area is 208 Å². The first-order valence-corrected chi connectivity index (χ1v) is 12.5. The normalized spacial score (nSPS) is 20.0. The third kappa shape index (κ3) is 4.97. The van der Waals surface area contributed by atoms with Crippen molar-refractivity contribution in [3.8, 4) is 0 Å². The van der Waals surface area contributed by atoms with Gasteiger partial charge in [0.05, 0.1) is 24.1 Å². The van der Waals surface area contributed by atoms with E-state index in [4.69, 9.17) is 4.74 Å². The zero-order chi connectivity index (χ0) is 25.1. The molecule has 2 saturated heterocycles. The van der Waals surface area contributed by atoms with Gasteiger partial charge in [0.25, 0.3) is 0 Å². The summed E-state index contributed by atoms with van der Waals surface area (Å²) in [5, 5.41) is 16.6. The summed E-state index contributed by atoms with van der Waals surface area (Å²) in [6.45, 7) is 4.42. The SMILES string of the molecule is CCCCCc1nc(Nc2ccc(N3C[C@@]4(CCCNCC4)OC3=O)cn2)nc2[nH]c(C(=O)O)cc12. The molecular formula is C25H31N7O4. The predicted octanol–water partition coefficient (Wildman–Crippen LogP) is 4.00. The number of unbranched alkanes of at least 4 members (excludes halogenated alkanes) is 2. The highest BCUT2D eigenvalue weighted by molar-refractivity contribution is 5.93. The number of pyridine rings is 1. The lowest BCUT2D eigenvalue weighted by atomic mass is 9.95. The van der Waals surface area contributed by atoms with Gasteiger partial charge in [-0.25, -0.2) is 19.6 Å². The van der Waals surface area contributed by atoms with E-state index in [1.807, 2.05) is 6.07 Å². The Kier molecular flexibility index (Phi) is 6.73. The highest BCUT2D eigenvalue weighted by atomic mass is 16.6. The number of aromatic carboxylic acids is 1. The smallest absolute Gasteiger partial charge is 0.415 e. The molecule has 0 saturated carbocycles. The van der Waals surface area contributed by atoms with E-state index in [9.17, 15) is 14.7 Å². The quantitative estimate of drug-likeness (QED) is 0.342. The van der Waals surface area contributed by atoms with Crippen molar-refractivity contribution in [2.75, 3.05) is 29.9 Å². The number of hydrogen-bond donors (Lipinski definition) is 4. The lowest BCUT2D eigenvalue weighted by molar-refractivity contribution is 0.0469. The summed E-state index contributed by atoms with van der Waals surface area (Å²) in [5.74, 6) is -0.191. The molecule has 0 aromatic carbocycles. The number of hydrogen-bond acceptors (Lipinski definition) is 8. The minimum Gasteiger partial charge on any atom is -0.477 e. The van der Waals surface area contributed by atoms with E-state index in [2.05, 4.69) is 37.5 Å². The summed E-state index contributed by atoms with van der Waals surface area (Å²) in [5.41, 5.74) is 1.57. The molecule has 190 valence electrons. The Balaban J connectivity index is 1.34. The number of rotatable bonds is 8. The Morgan fingerprint density at radius 2 is 2.14 bits per heavy atom. The zero-order valence-electron chi connectivity index (χ0n) is 20.3. The van der Waals surface area contributed by atoms with Crippen molar-refractivity contribution >= 4 is 40.5 Å². The Morgan fingerprint density at radius 3 is 2.92 bits per heavy atom. The van der Waals surface area contributed by atoms with Crippen LogP contribution in [0.25, 0.3) is 11.0 Å². The third-order valence-electron chi connectivity index (χ3n) is 6.83. The van der Waals surface area contributed by atoms with Crippen molar-refractivity contribution in [1.82, 2.24) is 25.3 Å². The summed E-state index contributed by atoms with van der Waals surface area (Å²) in [6.07, 6.45) is 7.72. The fourth-order valence-electron chi connectivity index (χ4n) is 4.89. The van der Waals surface area contributed by atoms with Gasteiger partial charge in [-0.1, -0.05) is 19.8 Å². The van der Waals surface area contributed by atoms with E-state index in [1.54, 1.807) is 23.2 Å². The molecule has 0 aliphatic carbocycles. The average molecular weight is 494 g/mol. The Morgan fingerprint density at radius 1 is 1.25 bits per heavy atom. The lowest BCUT2D eigenvalue weighted by Crippen LogP contribution is -2.35. The van der Waals surface area contributed by atoms with Crippen LogP contribution in [0, 0.1) is 0 Å². The molecular weight excluding hydrogens is 462 g/mol. The monoisotopic (exact) mass is 493 g/mol. The number of nitrogens with zero attached hydrogens (tertiary/aromatic N) is 4. The average Bonchev–Trinajstić information content (AvgIpc) is 3.35. The minimum absolute atomic E-state index is 0.0791. The van der Waals surface area contributed by atoms with Crippen LogP contribution in [0.15, 0.2) is 24.4 Å². The number of fused-ring (bicyclic) bond motifs is 1. The van der Waals surface area contributed by atoms with Gasteiger partial charge in [0.1, 0.15) is 22.8 Å². The molecule has 2 aliphatic heterocycles. The molecule has 5 rings (SSSR count). The molecule has 1 amide bonds. The lowest BCUT2D eigenvalue weighted by Gasteiger charge is -2.24.